The highest BCUT2D eigenvalue weighted by Crippen LogP contribution is 2.29. The van der Waals surface area contributed by atoms with Crippen LogP contribution >= 0.6 is 11.3 Å². The van der Waals surface area contributed by atoms with E-state index in [4.69, 9.17) is 4.42 Å². The van der Waals surface area contributed by atoms with Crippen molar-refractivity contribution in [2.24, 2.45) is 0 Å². The van der Waals surface area contributed by atoms with Crippen molar-refractivity contribution in [3.05, 3.63) is 70.6 Å². The second-order valence-electron chi connectivity index (χ2n) is 7.00. The number of anilines is 1. The van der Waals surface area contributed by atoms with Gasteiger partial charge in [0.2, 0.25) is 5.91 Å². The molecule has 29 heavy (non-hydrogen) atoms. The molecule has 1 atom stereocenters. The summed E-state index contributed by atoms with van der Waals surface area (Å²) in [4.78, 5) is 32.6. The van der Waals surface area contributed by atoms with Gasteiger partial charge in [-0.3, -0.25) is 14.5 Å². The average molecular weight is 410 g/mol. The number of hydrogen-bond donors (Lipinski definition) is 2. The van der Waals surface area contributed by atoms with Gasteiger partial charge in [-0.2, -0.15) is 0 Å². The Balaban J connectivity index is 1.34. The van der Waals surface area contributed by atoms with Gasteiger partial charge in [-0.1, -0.05) is 30.3 Å². The molecule has 1 aliphatic rings. The van der Waals surface area contributed by atoms with Crippen LogP contribution < -0.4 is 10.6 Å². The van der Waals surface area contributed by atoms with Crippen LogP contribution in [0.4, 0.5) is 5.13 Å². The zero-order chi connectivity index (χ0) is 20.2. The second-order valence-corrected chi connectivity index (χ2v) is 8.08. The number of aromatic nitrogens is 1. The lowest BCUT2D eigenvalue weighted by molar-refractivity contribution is -0.117. The quantitative estimate of drug-likeness (QED) is 0.652. The van der Waals surface area contributed by atoms with E-state index in [1.165, 1.54) is 28.0 Å². The third-order valence-corrected chi connectivity index (χ3v) is 5.77. The van der Waals surface area contributed by atoms with Crippen molar-refractivity contribution in [1.82, 2.24) is 15.2 Å². The van der Waals surface area contributed by atoms with E-state index < -0.39 is 11.9 Å². The van der Waals surface area contributed by atoms with E-state index in [0.717, 1.165) is 31.7 Å². The van der Waals surface area contributed by atoms with Gasteiger partial charge >= 0.3 is 0 Å². The third kappa shape index (κ3) is 4.72. The Morgan fingerprint density at radius 2 is 2.07 bits per heavy atom. The van der Waals surface area contributed by atoms with E-state index in [1.807, 2.05) is 6.07 Å². The fraction of sp³-hybridized carbons (Fsp3) is 0.286. The molecule has 7 nitrogen and oxygen atoms in total. The highest BCUT2D eigenvalue weighted by atomic mass is 32.1. The Morgan fingerprint density at radius 1 is 1.24 bits per heavy atom. The minimum Gasteiger partial charge on any atom is -0.459 e. The largest absolute Gasteiger partial charge is 0.459 e. The summed E-state index contributed by atoms with van der Waals surface area (Å²) in [7, 11) is 0. The van der Waals surface area contributed by atoms with Crippen molar-refractivity contribution in [3.8, 4) is 0 Å². The zero-order valence-corrected chi connectivity index (χ0v) is 16.9. The van der Waals surface area contributed by atoms with E-state index in [1.54, 1.807) is 19.1 Å². The van der Waals surface area contributed by atoms with Crippen molar-refractivity contribution in [3.63, 3.8) is 0 Å². The molecule has 0 fully saturated rings. The summed E-state index contributed by atoms with van der Waals surface area (Å²) in [6.07, 6.45) is 2.28. The molecule has 0 saturated carbocycles. The predicted octanol–water partition coefficient (Wildman–Crippen LogP) is 3.05. The van der Waals surface area contributed by atoms with Crippen molar-refractivity contribution < 1.29 is 14.0 Å². The van der Waals surface area contributed by atoms with E-state index in [9.17, 15) is 9.59 Å². The molecule has 2 amide bonds. The lowest BCUT2D eigenvalue weighted by atomic mass is 10.1. The highest BCUT2D eigenvalue weighted by molar-refractivity contribution is 7.15. The lowest BCUT2D eigenvalue weighted by Crippen LogP contribution is -2.41. The van der Waals surface area contributed by atoms with Gasteiger partial charge in [0.25, 0.3) is 5.91 Å². The normalized spacial score (nSPS) is 14.8. The van der Waals surface area contributed by atoms with Gasteiger partial charge in [0, 0.05) is 30.9 Å². The Labute approximate surface area is 172 Å². The summed E-state index contributed by atoms with van der Waals surface area (Å²) in [5.74, 6) is -0.558. The molecule has 0 unspecified atom stereocenters. The Hall–Kier alpha value is -2.97. The summed E-state index contributed by atoms with van der Waals surface area (Å²) in [5.41, 5.74) is 2.33. The maximum absolute atomic E-state index is 12.4. The van der Waals surface area contributed by atoms with Crippen molar-refractivity contribution >= 4 is 28.3 Å². The number of fused-ring (bicyclic) bond motifs is 1. The molecule has 3 aromatic rings. The Morgan fingerprint density at radius 3 is 2.83 bits per heavy atom. The van der Waals surface area contributed by atoms with E-state index in [0.29, 0.717) is 5.13 Å². The van der Waals surface area contributed by atoms with Gasteiger partial charge in [-0.15, -0.1) is 11.3 Å². The molecule has 0 radical (unpaired) electrons. The van der Waals surface area contributed by atoms with Crippen LogP contribution in [0.2, 0.25) is 0 Å². The number of nitrogens with one attached hydrogen (secondary N) is 2. The molecule has 1 aliphatic heterocycles. The average Bonchev–Trinajstić information content (AvgIpc) is 3.38. The Kier molecular flexibility index (Phi) is 5.73. The summed E-state index contributed by atoms with van der Waals surface area (Å²) in [6, 6.07) is 12.9. The first-order valence-electron chi connectivity index (χ1n) is 9.48. The molecular weight excluding hydrogens is 388 g/mol. The minimum absolute atomic E-state index is 0.174. The molecule has 2 N–H and O–H groups in total. The molecule has 4 rings (SSSR count). The number of amides is 2. The van der Waals surface area contributed by atoms with Gasteiger partial charge in [0.05, 0.1) is 12.0 Å². The molecule has 2 aromatic heterocycles. The molecule has 0 aliphatic carbocycles. The predicted molar refractivity (Wildman–Crippen MR) is 111 cm³/mol. The van der Waals surface area contributed by atoms with Crippen LogP contribution in [0.5, 0.6) is 0 Å². The lowest BCUT2D eigenvalue weighted by Gasteiger charge is -2.25. The molecule has 1 aromatic carbocycles. The fourth-order valence-corrected chi connectivity index (χ4v) is 4.29. The van der Waals surface area contributed by atoms with Crippen LogP contribution in [0, 0.1) is 0 Å². The van der Waals surface area contributed by atoms with Crippen LogP contribution in [-0.2, 0) is 24.3 Å². The Bertz CT molecular complexity index is 985. The topological polar surface area (TPSA) is 87.5 Å². The van der Waals surface area contributed by atoms with E-state index >= 15 is 0 Å². The van der Waals surface area contributed by atoms with Gasteiger partial charge in [-0.05, 0) is 24.6 Å². The summed E-state index contributed by atoms with van der Waals surface area (Å²) in [5, 5.41) is 6.01. The number of hydrogen-bond acceptors (Lipinski definition) is 6. The summed E-state index contributed by atoms with van der Waals surface area (Å²) >= 11 is 1.50. The smallest absolute Gasteiger partial charge is 0.287 e. The third-order valence-electron chi connectivity index (χ3n) is 4.78. The maximum atomic E-state index is 12.4. The van der Waals surface area contributed by atoms with Crippen molar-refractivity contribution in [2.75, 3.05) is 11.9 Å². The standard InChI is InChI=1S/C21H22N4O3S/c1-14(22-20(27)17-8-5-11-28-17)19(26)24-21-23-16-9-10-25(13-18(16)29-21)12-15-6-3-2-4-7-15/h2-8,11,14H,9-10,12-13H2,1H3,(H,22,27)(H,23,24,26)/t14-/m0/s1. The molecule has 0 saturated heterocycles. The SMILES string of the molecule is C[C@H](NC(=O)c1ccco1)C(=O)Nc1nc2c(s1)CN(Cc1ccccc1)CC2. The summed E-state index contributed by atoms with van der Waals surface area (Å²) in [6.45, 7) is 4.29. The van der Waals surface area contributed by atoms with Crippen molar-refractivity contribution in [2.45, 2.75) is 32.5 Å². The van der Waals surface area contributed by atoms with E-state index in [2.05, 4.69) is 44.8 Å². The fourth-order valence-electron chi connectivity index (χ4n) is 3.23. The first-order valence-corrected chi connectivity index (χ1v) is 10.3. The number of carbonyl (C=O) groups excluding carboxylic acids is 2. The molecular formula is C21H22N4O3S. The van der Waals surface area contributed by atoms with Crippen LogP contribution in [0.25, 0.3) is 0 Å². The first-order chi connectivity index (χ1) is 14.1. The number of furan rings is 1. The maximum Gasteiger partial charge on any atom is 0.287 e. The van der Waals surface area contributed by atoms with Gasteiger partial charge in [0.15, 0.2) is 10.9 Å². The molecule has 0 bridgehead atoms. The van der Waals surface area contributed by atoms with Crippen LogP contribution in [0.1, 0.15) is 33.6 Å². The second kappa shape index (κ2) is 8.59. The minimum atomic E-state index is -0.705. The number of thiazole rings is 1. The monoisotopic (exact) mass is 410 g/mol. The molecule has 8 heteroatoms. The number of nitrogens with zero attached hydrogens (tertiary/aromatic N) is 2. The first kappa shape index (κ1) is 19.4. The van der Waals surface area contributed by atoms with E-state index in [-0.39, 0.29) is 11.7 Å². The van der Waals surface area contributed by atoms with Gasteiger partial charge in [0.1, 0.15) is 6.04 Å². The van der Waals surface area contributed by atoms with Crippen molar-refractivity contribution in [1.29, 1.82) is 0 Å². The number of rotatable bonds is 6. The van der Waals surface area contributed by atoms with Crippen LogP contribution in [-0.4, -0.2) is 34.3 Å². The molecule has 3 heterocycles. The summed E-state index contributed by atoms with van der Waals surface area (Å²) < 4.78 is 5.04. The van der Waals surface area contributed by atoms with Crippen LogP contribution in [0.3, 0.4) is 0 Å². The molecule has 0 spiro atoms. The van der Waals surface area contributed by atoms with Crippen LogP contribution in [0.15, 0.2) is 53.1 Å². The van der Waals surface area contributed by atoms with Gasteiger partial charge < -0.3 is 15.1 Å². The zero-order valence-electron chi connectivity index (χ0n) is 16.1. The highest BCUT2D eigenvalue weighted by Gasteiger charge is 2.23. The molecule has 150 valence electrons. The number of benzene rings is 1. The number of carbonyl (C=O) groups is 2. The van der Waals surface area contributed by atoms with Gasteiger partial charge in [-0.25, -0.2) is 4.98 Å².